The summed E-state index contributed by atoms with van der Waals surface area (Å²) in [6, 6.07) is 5.82. The number of aliphatic carboxylic acids is 1. The topological polar surface area (TPSA) is 59.4 Å². The van der Waals surface area contributed by atoms with Crippen LogP contribution in [0.3, 0.4) is 0 Å². The molecule has 0 unspecified atom stereocenters. The van der Waals surface area contributed by atoms with E-state index >= 15 is 0 Å². The average Bonchev–Trinajstić information content (AvgIpc) is 2.70. The van der Waals surface area contributed by atoms with Gasteiger partial charge in [-0.05, 0) is 25.0 Å². The van der Waals surface area contributed by atoms with Crippen molar-refractivity contribution in [3.05, 3.63) is 23.7 Å². The Kier molecular flexibility index (Phi) is 2.48. The number of carbonyl (C=O) groups is 1. The van der Waals surface area contributed by atoms with E-state index in [1.807, 2.05) is 18.2 Å². The average molecular weight is 249 g/mol. The summed E-state index contributed by atoms with van der Waals surface area (Å²) in [5.74, 6) is -0.205. The summed E-state index contributed by atoms with van der Waals surface area (Å²) in [5, 5.41) is 8.79. The summed E-state index contributed by atoms with van der Waals surface area (Å²) in [7, 11) is 0. The second kappa shape index (κ2) is 4.00. The summed E-state index contributed by atoms with van der Waals surface area (Å²) in [6.45, 7) is 0. The van der Waals surface area contributed by atoms with Gasteiger partial charge in [0, 0.05) is 0 Å². The minimum atomic E-state index is -0.725. The van der Waals surface area contributed by atoms with E-state index in [0.29, 0.717) is 12.8 Å². The molecule has 3 rings (SSSR count). The molecule has 0 amide bonds. The summed E-state index contributed by atoms with van der Waals surface area (Å²) < 4.78 is 6.88. The standard InChI is InChI=1S/C12H11NO3S/c14-12(15)7-4-8(5-7)16-9-2-1-3-10-11(9)13-6-17-10/h1-3,6-8H,4-5H2,(H,14,15). The molecule has 1 aromatic heterocycles. The number of carboxylic acid groups (broad SMARTS) is 1. The first-order valence-corrected chi connectivity index (χ1v) is 6.33. The third-order valence-electron chi connectivity index (χ3n) is 3.06. The number of nitrogens with zero attached hydrogens (tertiary/aromatic N) is 1. The first kappa shape index (κ1) is 10.5. The maximum atomic E-state index is 10.7. The lowest BCUT2D eigenvalue weighted by molar-refractivity contribution is -0.147. The number of aromatic nitrogens is 1. The van der Waals surface area contributed by atoms with Crippen molar-refractivity contribution in [2.75, 3.05) is 0 Å². The van der Waals surface area contributed by atoms with E-state index in [4.69, 9.17) is 9.84 Å². The highest BCUT2D eigenvalue weighted by Crippen LogP contribution is 2.34. The fourth-order valence-corrected chi connectivity index (χ4v) is 2.69. The predicted molar refractivity (Wildman–Crippen MR) is 64.4 cm³/mol. The molecule has 1 aliphatic rings. The number of rotatable bonds is 3. The van der Waals surface area contributed by atoms with Gasteiger partial charge in [0.15, 0.2) is 0 Å². The van der Waals surface area contributed by atoms with Gasteiger partial charge in [0.05, 0.1) is 16.1 Å². The first-order chi connectivity index (χ1) is 8.24. The maximum Gasteiger partial charge on any atom is 0.306 e. The van der Waals surface area contributed by atoms with Gasteiger partial charge in [-0.2, -0.15) is 0 Å². The van der Waals surface area contributed by atoms with Crippen LogP contribution < -0.4 is 4.74 Å². The molecule has 5 heteroatoms. The van der Waals surface area contributed by atoms with Crippen molar-refractivity contribution in [3.8, 4) is 5.75 Å². The van der Waals surface area contributed by atoms with E-state index in [0.717, 1.165) is 16.0 Å². The normalized spacial score (nSPS) is 23.3. The van der Waals surface area contributed by atoms with Crippen molar-refractivity contribution in [2.45, 2.75) is 18.9 Å². The van der Waals surface area contributed by atoms with Crippen molar-refractivity contribution in [2.24, 2.45) is 5.92 Å². The third-order valence-corrected chi connectivity index (χ3v) is 3.86. The van der Waals surface area contributed by atoms with Gasteiger partial charge in [0.2, 0.25) is 0 Å². The van der Waals surface area contributed by atoms with Crippen LogP contribution in [0.4, 0.5) is 0 Å². The minimum Gasteiger partial charge on any atom is -0.488 e. The Hall–Kier alpha value is -1.62. The fourth-order valence-electron chi connectivity index (χ4n) is 2.00. The summed E-state index contributed by atoms with van der Waals surface area (Å²) >= 11 is 1.57. The zero-order chi connectivity index (χ0) is 11.8. The zero-order valence-corrected chi connectivity index (χ0v) is 9.81. The number of hydrogen-bond donors (Lipinski definition) is 1. The quantitative estimate of drug-likeness (QED) is 0.908. The van der Waals surface area contributed by atoms with Crippen LogP contribution in [0, 0.1) is 5.92 Å². The molecule has 0 atom stereocenters. The number of ether oxygens (including phenoxy) is 1. The Balaban J connectivity index is 1.74. The van der Waals surface area contributed by atoms with Crippen LogP contribution in [0.5, 0.6) is 5.75 Å². The van der Waals surface area contributed by atoms with Crippen molar-refractivity contribution < 1.29 is 14.6 Å². The van der Waals surface area contributed by atoms with E-state index in [1.165, 1.54) is 0 Å². The molecule has 1 aliphatic carbocycles. The molecule has 1 saturated carbocycles. The van der Waals surface area contributed by atoms with Crippen LogP contribution in [0.1, 0.15) is 12.8 Å². The summed E-state index contributed by atoms with van der Waals surface area (Å²) in [6.07, 6.45) is 1.20. The van der Waals surface area contributed by atoms with Crippen LogP contribution in [0.25, 0.3) is 10.2 Å². The lowest BCUT2D eigenvalue weighted by Crippen LogP contribution is -2.38. The SMILES string of the molecule is O=C(O)C1CC(Oc2cccc3scnc23)C1. The van der Waals surface area contributed by atoms with Crippen LogP contribution in [-0.2, 0) is 4.79 Å². The van der Waals surface area contributed by atoms with Crippen LogP contribution in [0.2, 0.25) is 0 Å². The molecule has 1 aromatic carbocycles. The Bertz CT molecular complexity index is 560. The monoisotopic (exact) mass is 249 g/mol. The zero-order valence-electron chi connectivity index (χ0n) is 9.00. The molecule has 17 heavy (non-hydrogen) atoms. The van der Waals surface area contributed by atoms with Crippen LogP contribution in [-0.4, -0.2) is 22.2 Å². The Morgan fingerprint density at radius 3 is 3.06 bits per heavy atom. The number of carboxylic acids is 1. The second-order valence-electron chi connectivity index (χ2n) is 4.20. The van der Waals surface area contributed by atoms with Crippen molar-refractivity contribution >= 4 is 27.5 Å². The molecule has 0 radical (unpaired) electrons. The summed E-state index contributed by atoms with van der Waals surface area (Å²) in [5.41, 5.74) is 2.66. The molecule has 0 saturated heterocycles. The number of thiazole rings is 1. The van der Waals surface area contributed by atoms with Crippen LogP contribution in [0.15, 0.2) is 23.7 Å². The van der Waals surface area contributed by atoms with E-state index in [2.05, 4.69) is 4.98 Å². The molecule has 0 aliphatic heterocycles. The molecule has 1 heterocycles. The van der Waals surface area contributed by atoms with E-state index in [1.54, 1.807) is 16.8 Å². The smallest absolute Gasteiger partial charge is 0.306 e. The lowest BCUT2D eigenvalue weighted by Gasteiger charge is -2.32. The maximum absolute atomic E-state index is 10.7. The molecule has 4 nitrogen and oxygen atoms in total. The lowest BCUT2D eigenvalue weighted by atomic mass is 9.82. The van der Waals surface area contributed by atoms with Gasteiger partial charge < -0.3 is 9.84 Å². The molecule has 88 valence electrons. The van der Waals surface area contributed by atoms with Crippen LogP contribution >= 0.6 is 11.3 Å². The number of fused-ring (bicyclic) bond motifs is 1. The van der Waals surface area contributed by atoms with Crippen molar-refractivity contribution in [1.82, 2.24) is 4.98 Å². The molecular formula is C12H11NO3S. The van der Waals surface area contributed by atoms with Gasteiger partial charge in [0.1, 0.15) is 17.4 Å². The van der Waals surface area contributed by atoms with Gasteiger partial charge in [-0.25, -0.2) is 4.98 Å². The van der Waals surface area contributed by atoms with E-state index < -0.39 is 5.97 Å². The molecule has 0 bridgehead atoms. The number of benzene rings is 1. The molecular weight excluding hydrogens is 238 g/mol. The third kappa shape index (κ3) is 1.86. The van der Waals surface area contributed by atoms with Gasteiger partial charge in [-0.1, -0.05) is 6.07 Å². The highest BCUT2D eigenvalue weighted by molar-refractivity contribution is 7.16. The van der Waals surface area contributed by atoms with Gasteiger partial charge in [-0.3, -0.25) is 4.79 Å². The molecule has 2 aromatic rings. The first-order valence-electron chi connectivity index (χ1n) is 5.45. The number of hydrogen-bond acceptors (Lipinski definition) is 4. The Morgan fingerprint density at radius 1 is 1.47 bits per heavy atom. The fraction of sp³-hybridized carbons (Fsp3) is 0.333. The molecule has 0 spiro atoms. The molecule has 1 fully saturated rings. The highest BCUT2D eigenvalue weighted by Gasteiger charge is 2.36. The minimum absolute atomic E-state index is 0.0170. The molecule has 1 N–H and O–H groups in total. The van der Waals surface area contributed by atoms with Crippen molar-refractivity contribution in [1.29, 1.82) is 0 Å². The number of para-hydroxylation sites is 1. The Morgan fingerprint density at radius 2 is 2.29 bits per heavy atom. The van der Waals surface area contributed by atoms with E-state index in [9.17, 15) is 4.79 Å². The predicted octanol–water partition coefficient (Wildman–Crippen LogP) is 2.54. The highest BCUT2D eigenvalue weighted by atomic mass is 32.1. The second-order valence-corrected chi connectivity index (χ2v) is 5.09. The Labute approximate surface area is 102 Å². The van der Waals surface area contributed by atoms with Crippen molar-refractivity contribution in [3.63, 3.8) is 0 Å². The van der Waals surface area contributed by atoms with Gasteiger partial charge in [0.25, 0.3) is 0 Å². The van der Waals surface area contributed by atoms with Gasteiger partial charge in [-0.15, -0.1) is 11.3 Å². The summed E-state index contributed by atoms with van der Waals surface area (Å²) in [4.78, 5) is 14.9. The van der Waals surface area contributed by atoms with E-state index in [-0.39, 0.29) is 12.0 Å². The largest absolute Gasteiger partial charge is 0.488 e. The van der Waals surface area contributed by atoms with Gasteiger partial charge >= 0.3 is 5.97 Å².